The first-order valence-corrected chi connectivity index (χ1v) is 9.77. The first kappa shape index (κ1) is 20.2. The number of carbonyl (C=O) groups is 2. The third kappa shape index (κ3) is 5.03. The first-order valence-electron chi connectivity index (χ1n) is 8.89. The third-order valence-electron chi connectivity index (χ3n) is 4.38. The minimum atomic E-state index is -0.491. The average Bonchev–Trinajstić information content (AvgIpc) is 3.34. The predicted molar refractivity (Wildman–Crippen MR) is 110 cm³/mol. The molecule has 0 saturated heterocycles. The smallest absolute Gasteiger partial charge is 0.276 e. The van der Waals surface area contributed by atoms with Gasteiger partial charge in [-0.15, -0.1) is 11.3 Å². The van der Waals surface area contributed by atoms with Gasteiger partial charge in [0, 0.05) is 16.3 Å². The van der Waals surface area contributed by atoms with Crippen LogP contribution in [0.5, 0.6) is 5.75 Å². The molecule has 3 rings (SSSR count). The van der Waals surface area contributed by atoms with Crippen LogP contribution < -0.4 is 15.6 Å². The second-order valence-corrected chi connectivity index (χ2v) is 7.41. The zero-order chi connectivity index (χ0) is 20.8. The molecule has 0 aliphatic heterocycles. The number of hydrazine groups is 1. The number of hydrogen-bond donors (Lipinski definition) is 2. The number of aryl methyl sites for hydroxylation is 1. The van der Waals surface area contributed by atoms with E-state index in [1.54, 1.807) is 41.7 Å². The molecule has 0 fully saturated rings. The monoisotopic (exact) mass is 408 g/mol. The van der Waals surface area contributed by atoms with E-state index in [0.717, 1.165) is 11.4 Å². The molecule has 1 aromatic carbocycles. The Morgan fingerprint density at radius 3 is 2.59 bits per heavy atom. The molecule has 2 aromatic heterocycles. The van der Waals surface area contributed by atoms with E-state index in [2.05, 4.69) is 21.5 Å². The maximum absolute atomic E-state index is 12.5. The maximum Gasteiger partial charge on any atom is 0.276 e. The number of aromatic nitrogens is 1. The van der Waals surface area contributed by atoms with Crippen LogP contribution >= 0.6 is 11.3 Å². The van der Waals surface area contributed by atoms with Crippen molar-refractivity contribution in [3.05, 3.63) is 75.2 Å². The van der Waals surface area contributed by atoms with Crippen molar-refractivity contribution in [2.45, 2.75) is 20.4 Å². The zero-order valence-electron chi connectivity index (χ0n) is 16.1. The Kier molecular flexibility index (Phi) is 6.32. The van der Waals surface area contributed by atoms with Crippen LogP contribution in [0.1, 0.15) is 32.2 Å². The second-order valence-electron chi connectivity index (χ2n) is 6.38. The molecule has 2 amide bonds. The van der Waals surface area contributed by atoms with Gasteiger partial charge in [0.15, 0.2) is 6.61 Å². The first-order chi connectivity index (χ1) is 14.0. The summed E-state index contributed by atoms with van der Waals surface area (Å²) in [5.74, 6) is -0.417. The van der Waals surface area contributed by atoms with Gasteiger partial charge >= 0.3 is 0 Å². The van der Waals surface area contributed by atoms with Gasteiger partial charge < -0.3 is 9.30 Å². The summed E-state index contributed by atoms with van der Waals surface area (Å²) in [6, 6.07) is 14.3. The molecule has 0 spiro atoms. The van der Waals surface area contributed by atoms with E-state index in [4.69, 9.17) is 10.00 Å². The number of ether oxygens (including phenoxy) is 1. The highest BCUT2D eigenvalue weighted by molar-refractivity contribution is 7.09. The van der Waals surface area contributed by atoms with Gasteiger partial charge in [-0.1, -0.05) is 6.07 Å². The van der Waals surface area contributed by atoms with E-state index in [1.807, 2.05) is 31.4 Å². The normalized spacial score (nSPS) is 10.2. The number of nitrogens with zero attached hydrogens (tertiary/aromatic N) is 2. The lowest BCUT2D eigenvalue weighted by atomic mass is 10.2. The van der Waals surface area contributed by atoms with Crippen LogP contribution in [-0.2, 0) is 11.3 Å². The molecule has 2 heterocycles. The number of thiophene rings is 1. The van der Waals surface area contributed by atoms with Crippen molar-refractivity contribution in [1.82, 2.24) is 15.4 Å². The van der Waals surface area contributed by atoms with Crippen molar-refractivity contribution in [3.63, 3.8) is 0 Å². The van der Waals surface area contributed by atoms with E-state index >= 15 is 0 Å². The number of rotatable bonds is 6. The summed E-state index contributed by atoms with van der Waals surface area (Å²) in [5.41, 5.74) is 7.58. The van der Waals surface area contributed by atoms with Crippen molar-refractivity contribution in [3.8, 4) is 11.8 Å². The fourth-order valence-electron chi connectivity index (χ4n) is 2.84. The minimum absolute atomic E-state index is 0.260. The third-order valence-corrected chi connectivity index (χ3v) is 5.24. The molecule has 0 aliphatic carbocycles. The summed E-state index contributed by atoms with van der Waals surface area (Å²) < 4.78 is 7.40. The lowest BCUT2D eigenvalue weighted by Gasteiger charge is -2.10. The number of hydrogen-bond acceptors (Lipinski definition) is 5. The largest absolute Gasteiger partial charge is 0.484 e. The van der Waals surface area contributed by atoms with Crippen molar-refractivity contribution < 1.29 is 14.3 Å². The van der Waals surface area contributed by atoms with Crippen LogP contribution in [0.3, 0.4) is 0 Å². The fraction of sp³-hybridized carbons (Fsp3) is 0.190. The summed E-state index contributed by atoms with van der Waals surface area (Å²) in [5, 5.41) is 10.8. The molecular formula is C21H20N4O3S. The standard InChI is InChI=1S/C21H20N4O3S/c1-14-10-19(15(2)25(14)12-18-4-3-9-29-18)21(27)24-23-20(26)13-28-17-7-5-16(11-22)6-8-17/h3-10H,12-13H2,1-2H3,(H,23,26)(H,24,27). The van der Waals surface area contributed by atoms with Gasteiger partial charge in [0.05, 0.1) is 23.7 Å². The Balaban J connectivity index is 1.53. The van der Waals surface area contributed by atoms with E-state index in [1.165, 1.54) is 4.88 Å². The van der Waals surface area contributed by atoms with Gasteiger partial charge in [0.2, 0.25) is 0 Å². The molecule has 0 atom stereocenters. The lowest BCUT2D eigenvalue weighted by molar-refractivity contribution is -0.123. The molecule has 3 aromatic rings. The molecule has 0 saturated carbocycles. The molecule has 8 heteroatoms. The molecule has 2 N–H and O–H groups in total. The quantitative estimate of drug-likeness (QED) is 0.613. The SMILES string of the molecule is Cc1cc(C(=O)NNC(=O)COc2ccc(C#N)cc2)c(C)n1Cc1cccs1. The van der Waals surface area contributed by atoms with Gasteiger partial charge in [0.1, 0.15) is 5.75 Å². The Labute approximate surface area is 172 Å². The summed E-state index contributed by atoms with van der Waals surface area (Å²) in [7, 11) is 0. The van der Waals surface area contributed by atoms with Crippen LogP contribution in [0, 0.1) is 25.2 Å². The summed E-state index contributed by atoms with van der Waals surface area (Å²) in [4.78, 5) is 25.6. The summed E-state index contributed by atoms with van der Waals surface area (Å²) in [6.07, 6.45) is 0. The lowest BCUT2D eigenvalue weighted by Crippen LogP contribution is -2.44. The number of nitrogens with one attached hydrogen (secondary N) is 2. The highest BCUT2D eigenvalue weighted by Crippen LogP contribution is 2.19. The number of amides is 2. The zero-order valence-corrected chi connectivity index (χ0v) is 16.9. The summed E-state index contributed by atoms with van der Waals surface area (Å²) in [6.45, 7) is 4.27. The van der Waals surface area contributed by atoms with Crippen LogP contribution in [0.25, 0.3) is 0 Å². The molecule has 0 unspecified atom stereocenters. The van der Waals surface area contributed by atoms with Gasteiger partial charge in [0.25, 0.3) is 11.8 Å². The summed E-state index contributed by atoms with van der Waals surface area (Å²) >= 11 is 1.66. The Morgan fingerprint density at radius 1 is 1.17 bits per heavy atom. The number of nitriles is 1. The van der Waals surface area contributed by atoms with Crippen molar-refractivity contribution in [2.75, 3.05) is 6.61 Å². The van der Waals surface area contributed by atoms with E-state index < -0.39 is 5.91 Å². The molecule has 0 aliphatic rings. The predicted octanol–water partition coefficient (Wildman–Crippen LogP) is 2.93. The Morgan fingerprint density at radius 2 is 1.93 bits per heavy atom. The van der Waals surface area contributed by atoms with Crippen molar-refractivity contribution in [2.24, 2.45) is 0 Å². The van der Waals surface area contributed by atoms with Crippen LogP contribution in [-0.4, -0.2) is 23.0 Å². The van der Waals surface area contributed by atoms with E-state index in [-0.39, 0.29) is 12.5 Å². The van der Waals surface area contributed by atoms with Crippen LogP contribution in [0.15, 0.2) is 47.8 Å². The van der Waals surface area contributed by atoms with Gasteiger partial charge in [-0.2, -0.15) is 5.26 Å². The van der Waals surface area contributed by atoms with Crippen molar-refractivity contribution >= 4 is 23.2 Å². The van der Waals surface area contributed by atoms with E-state index in [9.17, 15) is 9.59 Å². The molecule has 0 radical (unpaired) electrons. The highest BCUT2D eigenvalue weighted by Gasteiger charge is 2.16. The van der Waals surface area contributed by atoms with Gasteiger partial charge in [-0.05, 0) is 55.6 Å². The minimum Gasteiger partial charge on any atom is -0.484 e. The molecule has 29 heavy (non-hydrogen) atoms. The Hall–Kier alpha value is -3.57. The number of benzene rings is 1. The van der Waals surface area contributed by atoms with Crippen molar-refractivity contribution in [1.29, 1.82) is 5.26 Å². The Bertz CT molecular complexity index is 1050. The molecule has 148 valence electrons. The second kappa shape index (κ2) is 9.08. The molecular weight excluding hydrogens is 388 g/mol. The maximum atomic E-state index is 12.5. The topological polar surface area (TPSA) is 96.2 Å². The fourth-order valence-corrected chi connectivity index (χ4v) is 3.53. The van der Waals surface area contributed by atoms with E-state index in [0.29, 0.717) is 23.4 Å². The van der Waals surface area contributed by atoms with Gasteiger partial charge in [-0.3, -0.25) is 20.4 Å². The average molecular weight is 408 g/mol. The van der Waals surface area contributed by atoms with Gasteiger partial charge in [-0.25, -0.2) is 0 Å². The highest BCUT2D eigenvalue weighted by atomic mass is 32.1. The molecule has 7 nitrogen and oxygen atoms in total. The van der Waals surface area contributed by atoms with Crippen LogP contribution in [0.2, 0.25) is 0 Å². The molecule has 0 bridgehead atoms. The number of carbonyl (C=O) groups excluding carboxylic acids is 2. The van der Waals surface area contributed by atoms with Crippen LogP contribution in [0.4, 0.5) is 0 Å².